The molecule has 4 nitrogen and oxygen atoms in total. The molecule has 1 rings (SSSR count). The van der Waals surface area contributed by atoms with Gasteiger partial charge in [-0.2, -0.15) is 0 Å². The summed E-state index contributed by atoms with van der Waals surface area (Å²) in [6, 6.07) is 3.89. The first-order chi connectivity index (χ1) is 7.86. The highest BCUT2D eigenvalue weighted by Crippen LogP contribution is 2.08. The Balaban J connectivity index is 2.21. The molecule has 0 radical (unpaired) electrons. The lowest BCUT2D eigenvalue weighted by molar-refractivity contribution is 0.100. The number of aromatic nitrogens is 1. The number of nitrogens with zero attached hydrogens (tertiary/aromatic N) is 1. The molecule has 4 heteroatoms. The maximum absolute atomic E-state index is 5.48. The smallest absolute Gasteiger partial charge is 0.137 e. The lowest BCUT2D eigenvalue weighted by Crippen LogP contribution is -2.08. The van der Waals surface area contributed by atoms with E-state index in [2.05, 4.69) is 17.2 Å². The van der Waals surface area contributed by atoms with Crippen LogP contribution < -0.4 is 10.1 Å². The van der Waals surface area contributed by atoms with E-state index in [4.69, 9.17) is 9.47 Å². The highest BCUT2D eigenvalue weighted by molar-refractivity contribution is 5.19. The Morgan fingerprint density at radius 2 is 2.12 bits per heavy atom. The van der Waals surface area contributed by atoms with E-state index in [1.54, 1.807) is 6.20 Å². The summed E-state index contributed by atoms with van der Waals surface area (Å²) in [5, 5.41) is 3.05. The predicted octanol–water partition coefficient (Wildman–Crippen LogP) is 1.61. The van der Waals surface area contributed by atoms with Crippen LogP contribution in [0.2, 0.25) is 0 Å². The van der Waals surface area contributed by atoms with Gasteiger partial charge in [-0.3, -0.25) is 4.98 Å². The highest BCUT2D eigenvalue weighted by Gasteiger charge is 1.96. The van der Waals surface area contributed by atoms with Gasteiger partial charge in [-0.25, -0.2) is 0 Å². The summed E-state index contributed by atoms with van der Waals surface area (Å²) in [5.74, 6) is 0.792. The zero-order valence-electron chi connectivity index (χ0n) is 10.0. The van der Waals surface area contributed by atoms with E-state index in [9.17, 15) is 0 Å². The molecule has 0 amide bonds. The number of nitrogens with one attached hydrogen (secondary N) is 1. The van der Waals surface area contributed by atoms with Crippen LogP contribution in [0.3, 0.4) is 0 Å². The molecule has 0 fully saturated rings. The first-order valence-corrected chi connectivity index (χ1v) is 5.67. The van der Waals surface area contributed by atoms with Gasteiger partial charge in [0, 0.05) is 13.2 Å². The minimum Gasteiger partial charge on any atom is -0.490 e. The van der Waals surface area contributed by atoms with Gasteiger partial charge >= 0.3 is 0 Å². The molecule has 16 heavy (non-hydrogen) atoms. The fraction of sp³-hybridized carbons (Fsp3) is 0.583. The fourth-order valence-corrected chi connectivity index (χ4v) is 1.25. The van der Waals surface area contributed by atoms with E-state index >= 15 is 0 Å². The van der Waals surface area contributed by atoms with Crippen LogP contribution in [0.25, 0.3) is 0 Å². The van der Waals surface area contributed by atoms with E-state index in [-0.39, 0.29) is 0 Å². The Labute approximate surface area is 97.0 Å². The maximum atomic E-state index is 5.48. The SMILES string of the molecule is CCCOCCOc1ccc(CNC)nc1. The van der Waals surface area contributed by atoms with Crippen LogP contribution in [0, 0.1) is 0 Å². The number of hydrogen-bond acceptors (Lipinski definition) is 4. The number of ether oxygens (including phenoxy) is 2. The molecule has 1 aromatic heterocycles. The Bertz CT molecular complexity index is 275. The van der Waals surface area contributed by atoms with Crippen molar-refractivity contribution in [1.82, 2.24) is 10.3 Å². The number of pyridine rings is 1. The summed E-state index contributed by atoms with van der Waals surface area (Å²) in [4.78, 5) is 4.26. The molecule has 0 bridgehead atoms. The van der Waals surface area contributed by atoms with Gasteiger partial charge in [0.15, 0.2) is 0 Å². The van der Waals surface area contributed by atoms with Gasteiger partial charge in [0.05, 0.1) is 18.5 Å². The van der Waals surface area contributed by atoms with Gasteiger partial charge in [0.1, 0.15) is 12.4 Å². The molecule has 1 heterocycles. The van der Waals surface area contributed by atoms with Gasteiger partial charge in [-0.15, -0.1) is 0 Å². The van der Waals surface area contributed by atoms with Crippen LogP contribution in [-0.4, -0.2) is 31.9 Å². The van der Waals surface area contributed by atoms with E-state index in [0.717, 1.165) is 31.0 Å². The molecular weight excluding hydrogens is 204 g/mol. The van der Waals surface area contributed by atoms with E-state index in [1.807, 2.05) is 19.2 Å². The van der Waals surface area contributed by atoms with Gasteiger partial charge in [-0.05, 0) is 25.6 Å². The van der Waals surface area contributed by atoms with E-state index in [0.29, 0.717) is 13.2 Å². The van der Waals surface area contributed by atoms with Crippen LogP contribution >= 0.6 is 0 Å². The van der Waals surface area contributed by atoms with Gasteiger partial charge in [0.2, 0.25) is 0 Å². The molecule has 0 saturated carbocycles. The predicted molar refractivity (Wildman–Crippen MR) is 63.6 cm³/mol. The molecule has 0 saturated heterocycles. The van der Waals surface area contributed by atoms with E-state index < -0.39 is 0 Å². The van der Waals surface area contributed by atoms with Crippen LogP contribution in [0.1, 0.15) is 19.0 Å². The third kappa shape index (κ3) is 5.09. The van der Waals surface area contributed by atoms with Crippen molar-refractivity contribution >= 4 is 0 Å². The van der Waals surface area contributed by atoms with Crippen LogP contribution in [-0.2, 0) is 11.3 Å². The molecule has 0 atom stereocenters. The van der Waals surface area contributed by atoms with Crippen LogP contribution in [0.5, 0.6) is 5.75 Å². The first-order valence-electron chi connectivity index (χ1n) is 5.67. The Kier molecular flexibility index (Phi) is 6.53. The molecule has 90 valence electrons. The Morgan fingerprint density at radius 3 is 2.75 bits per heavy atom. The minimum absolute atomic E-state index is 0.576. The van der Waals surface area contributed by atoms with Crippen LogP contribution in [0.15, 0.2) is 18.3 Å². The third-order valence-corrected chi connectivity index (χ3v) is 2.00. The monoisotopic (exact) mass is 224 g/mol. The molecule has 0 aliphatic rings. The number of hydrogen-bond donors (Lipinski definition) is 1. The molecule has 1 aromatic rings. The summed E-state index contributed by atoms with van der Waals surface area (Å²) in [6.07, 6.45) is 2.78. The maximum Gasteiger partial charge on any atom is 0.137 e. The summed E-state index contributed by atoms with van der Waals surface area (Å²) in [7, 11) is 1.90. The zero-order chi connectivity index (χ0) is 11.6. The summed E-state index contributed by atoms with van der Waals surface area (Å²) >= 11 is 0. The van der Waals surface area contributed by atoms with Crippen molar-refractivity contribution in [2.45, 2.75) is 19.9 Å². The van der Waals surface area contributed by atoms with Crippen molar-refractivity contribution in [3.8, 4) is 5.75 Å². The molecule has 0 aromatic carbocycles. The average molecular weight is 224 g/mol. The molecule has 0 aliphatic carbocycles. The minimum atomic E-state index is 0.576. The van der Waals surface area contributed by atoms with Crippen molar-refractivity contribution < 1.29 is 9.47 Å². The van der Waals surface area contributed by atoms with Crippen molar-refractivity contribution in [3.63, 3.8) is 0 Å². The van der Waals surface area contributed by atoms with Crippen molar-refractivity contribution in [1.29, 1.82) is 0 Å². The molecule has 0 aliphatic heterocycles. The first kappa shape index (κ1) is 12.9. The summed E-state index contributed by atoms with van der Waals surface area (Å²) < 4.78 is 10.8. The normalized spacial score (nSPS) is 10.4. The fourth-order valence-electron chi connectivity index (χ4n) is 1.25. The molecular formula is C12H20N2O2. The van der Waals surface area contributed by atoms with Gasteiger partial charge in [-0.1, -0.05) is 6.92 Å². The molecule has 1 N–H and O–H groups in total. The highest BCUT2D eigenvalue weighted by atomic mass is 16.5. The summed E-state index contributed by atoms with van der Waals surface area (Å²) in [6.45, 7) is 4.87. The van der Waals surface area contributed by atoms with Gasteiger partial charge in [0.25, 0.3) is 0 Å². The molecule has 0 unspecified atom stereocenters. The second-order valence-electron chi connectivity index (χ2n) is 3.48. The van der Waals surface area contributed by atoms with Crippen molar-refractivity contribution in [3.05, 3.63) is 24.0 Å². The average Bonchev–Trinajstić information content (AvgIpc) is 2.31. The third-order valence-electron chi connectivity index (χ3n) is 2.00. The Morgan fingerprint density at radius 1 is 1.25 bits per heavy atom. The van der Waals surface area contributed by atoms with Crippen molar-refractivity contribution in [2.75, 3.05) is 26.9 Å². The topological polar surface area (TPSA) is 43.4 Å². The zero-order valence-corrected chi connectivity index (χ0v) is 10.0. The standard InChI is InChI=1S/C12H20N2O2/c1-3-6-15-7-8-16-12-5-4-11(9-13-2)14-10-12/h4-5,10,13H,3,6-9H2,1-2H3. The van der Waals surface area contributed by atoms with Crippen molar-refractivity contribution in [2.24, 2.45) is 0 Å². The quantitative estimate of drug-likeness (QED) is 0.681. The second kappa shape index (κ2) is 8.07. The largest absolute Gasteiger partial charge is 0.490 e. The second-order valence-corrected chi connectivity index (χ2v) is 3.48. The lowest BCUT2D eigenvalue weighted by Gasteiger charge is -2.06. The van der Waals surface area contributed by atoms with E-state index in [1.165, 1.54) is 0 Å². The Hall–Kier alpha value is -1.13. The lowest BCUT2D eigenvalue weighted by atomic mass is 10.3. The molecule has 0 spiro atoms. The van der Waals surface area contributed by atoms with Gasteiger partial charge < -0.3 is 14.8 Å². The van der Waals surface area contributed by atoms with Crippen LogP contribution in [0.4, 0.5) is 0 Å². The summed E-state index contributed by atoms with van der Waals surface area (Å²) in [5.41, 5.74) is 1.01. The number of rotatable bonds is 8.